The predicted molar refractivity (Wildman–Crippen MR) is 92.7 cm³/mol. The van der Waals surface area contributed by atoms with Crippen LogP contribution in [0, 0.1) is 5.41 Å². The molecule has 0 unspecified atom stereocenters. The number of anilines is 1. The highest BCUT2D eigenvalue weighted by atomic mass is 79.9. The molecule has 3 rings (SSSR count). The average Bonchev–Trinajstić information content (AvgIpc) is 3.00. The monoisotopic (exact) mass is 365 g/mol. The molecule has 0 bridgehead atoms. The van der Waals surface area contributed by atoms with Crippen LogP contribution in [0.1, 0.15) is 61.9 Å². The van der Waals surface area contributed by atoms with Gasteiger partial charge in [0.1, 0.15) is 0 Å². The smallest absolute Gasteiger partial charge is 0.337 e. The van der Waals surface area contributed by atoms with E-state index in [0.717, 1.165) is 11.0 Å². The van der Waals surface area contributed by atoms with Gasteiger partial charge in [0.15, 0.2) is 0 Å². The normalized spacial score (nSPS) is 23.4. The Morgan fingerprint density at radius 1 is 1.36 bits per heavy atom. The van der Waals surface area contributed by atoms with Crippen molar-refractivity contribution in [1.82, 2.24) is 0 Å². The summed E-state index contributed by atoms with van der Waals surface area (Å²) >= 11 is 3.70. The van der Waals surface area contributed by atoms with E-state index in [9.17, 15) is 4.79 Å². The maximum Gasteiger partial charge on any atom is 0.337 e. The lowest BCUT2D eigenvalue weighted by molar-refractivity contribution is 0.0600. The molecule has 1 aliphatic heterocycles. The van der Waals surface area contributed by atoms with Crippen LogP contribution in [-0.2, 0) is 4.74 Å². The van der Waals surface area contributed by atoms with Gasteiger partial charge in [0.25, 0.3) is 0 Å². The van der Waals surface area contributed by atoms with Gasteiger partial charge in [-0.2, -0.15) is 0 Å². The highest BCUT2D eigenvalue weighted by Crippen LogP contribution is 2.52. The molecule has 0 amide bonds. The van der Waals surface area contributed by atoms with Crippen molar-refractivity contribution >= 4 is 27.6 Å². The molecule has 1 aromatic carbocycles. The zero-order valence-electron chi connectivity index (χ0n) is 13.8. The fraction of sp³-hybridized carbons (Fsp3) is 0.611. The van der Waals surface area contributed by atoms with E-state index in [2.05, 4.69) is 47.7 Å². The van der Waals surface area contributed by atoms with Gasteiger partial charge in [0.05, 0.1) is 18.4 Å². The van der Waals surface area contributed by atoms with Crippen LogP contribution in [0.25, 0.3) is 0 Å². The fourth-order valence-corrected chi connectivity index (χ4v) is 4.69. The van der Waals surface area contributed by atoms with Crippen molar-refractivity contribution in [2.75, 3.05) is 18.6 Å². The summed E-state index contributed by atoms with van der Waals surface area (Å²) < 4.78 is 5.91. The number of methoxy groups -OCH3 is 1. The number of halogens is 1. The summed E-state index contributed by atoms with van der Waals surface area (Å²) in [7, 11) is 1.44. The Hall–Kier alpha value is -1.03. The SMILES string of the molecule is COC(=O)c1cc(Br)c2c(c1)[C@@H]1CCC[C@@H]1N2CC(C)(C)C. The largest absolute Gasteiger partial charge is 0.465 e. The third-order valence-electron chi connectivity index (χ3n) is 4.73. The number of carbonyl (C=O) groups is 1. The minimum atomic E-state index is -0.257. The highest BCUT2D eigenvalue weighted by molar-refractivity contribution is 9.10. The van der Waals surface area contributed by atoms with Crippen molar-refractivity contribution in [2.24, 2.45) is 5.41 Å². The lowest BCUT2D eigenvalue weighted by Crippen LogP contribution is -2.38. The molecule has 2 atom stereocenters. The van der Waals surface area contributed by atoms with E-state index in [1.165, 1.54) is 37.6 Å². The lowest BCUT2D eigenvalue weighted by atomic mass is 9.94. The standard InChI is InChI=1S/C18H24BrNO2/c1-18(2,3)10-20-15-7-5-6-12(15)13-8-11(17(21)22-4)9-14(19)16(13)20/h8-9,12,15H,5-7,10H2,1-4H3/t12-,15-/m0/s1. The van der Waals surface area contributed by atoms with Gasteiger partial charge in [0, 0.05) is 23.0 Å². The molecule has 0 N–H and O–H groups in total. The molecule has 1 heterocycles. The summed E-state index contributed by atoms with van der Waals surface area (Å²) in [6.07, 6.45) is 3.74. The van der Waals surface area contributed by atoms with Gasteiger partial charge in [-0.15, -0.1) is 0 Å². The third kappa shape index (κ3) is 2.66. The Labute approximate surface area is 141 Å². The van der Waals surface area contributed by atoms with Crippen molar-refractivity contribution < 1.29 is 9.53 Å². The number of esters is 1. The van der Waals surface area contributed by atoms with E-state index < -0.39 is 0 Å². The minimum absolute atomic E-state index is 0.245. The van der Waals surface area contributed by atoms with Crippen molar-refractivity contribution in [1.29, 1.82) is 0 Å². The molecule has 0 aromatic heterocycles. The first-order chi connectivity index (χ1) is 10.3. The molecule has 3 nitrogen and oxygen atoms in total. The number of carbonyl (C=O) groups excluding carboxylic acids is 1. The fourth-order valence-electron chi connectivity index (χ4n) is 3.99. The molecular weight excluding hydrogens is 342 g/mol. The van der Waals surface area contributed by atoms with Gasteiger partial charge in [-0.25, -0.2) is 4.79 Å². The van der Waals surface area contributed by atoms with Crippen LogP contribution in [0.5, 0.6) is 0 Å². The van der Waals surface area contributed by atoms with Gasteiger partial charge in [-0.1, -0.05) is 27.2 Å². The van der Waals surface area contributed by atoms with Crippen LogP contribution < -0.4 is 4.90 Å². The number of hydrogen-bond donors (Lipinski definition) is 0. The van der Waals surface area contributed by atoms with Crippen LogP contribution in [0.15, 0.2) is 16.6 Å². The van der Waals surface area contributed by atoms with Gasteiger partial charge >= 0.3 is 5.97 Å². The summed E-state index contributed by atoms with van der Waals surface area (Å²) in [5.74, 6) is 0.297. The zero-order valence-corrected chi connectivity index (χ0v) is 15.4. The Bertz CT molecular complexity index is 606. The second kappa shape index (κ2) is 5.55. The lowest BCUT2D eigenvalue weighted by Gasteiger charge is -2.34. The maximum absolute atomic E-state index is 11.9. The number of hydrogen-bond acceptors (Lipinski definition) is 3. The number of ether oxygens (including phenoxy) is 1. The van der Waals surface area contributed by atoms with Gasteiger partial charge in [-0.05, 0) is 51.9 Å². The van der Waals surface area contributed by atoms with Crippen LogP contribution in [0.2, 0.25) is 0 Å². The van der Waals surface area contributed by atoms with Crippen molar-refractivity contribution in [3.8, 4) is 0 Å². The maximum atomic E-state index is 11.9. The topological polar surface area (TPSA) is 29.5 Å². The van der Waals surface area contributed by atoms with Gasteiger partial charge in [-0.3, -0.25) is 0 Å². The molecule has 0 saturated heterocycles. The number of rotatable bonds is 2. The van der Waals surface area contributed by atoms with Crippen molar-refractivity contribution in [3.63, 3.8) is 0 Å². The summed E-state index contributed by atoms with van der Waals surface area (Å²) in [5.41, 5.74) is 3.50. The van der Waals surface area contributed by atoms with Gasteiger partial charge < -0.3 is 9.64 Å². The molecule has 1 saturated carbocycles. The van der Waals surface area contributed by atoms with E-state index >= 15 is 0 Å². The highest BCUT2D eigenvalue weighted by Gasteiger charge is 2.43. The second-order valence-corrected chi connectivity index (χ2v) is 8.54. The first-order valence-corrected chi connectivity index (χ1v) is 8.79. The van der Waals surface area contributed by atoms with E-state index in [1.54, 1.807) is 0 Å². The molecule has 0 spiro atoms. The second-order valence-electron chi connectivity index (χ2n) is 7.68. The average molecular weight is 366 g/mol. The third-order valence-corrected chi connectivity index (χ3v) is 5.33. The number of benzene rings is 1. The Morgan fingerprint density at radius 2 is 2.09 bits per heavy atom. The van der Waals surface area contributed by atoms with Gasteiger partial charge in [0.2, 0.25) is 0 Å². The first kappa shape index (κ1) is 15.9. The van der Waals surface area contributed by atoms with Crippen LogP contribution in [0.3, 0.4) is 0 Å². The molecule has 120 valence electrons. The van der Waals surface area contributed by atoms with E-state index in [4.69, 9.17) is 4.74 Å². The predicted octanol–water partition coefficient (Wildman–Crippen LogP) is 4.74. The Balaban J connectivity index is 2.07. The summed E-state index contributed by atoms with van der Waals surface area (Å²) in [6, 6.07) is 4.54. The van der Waals surface area contributed by atoms with Crippen molar-refractivity contribution in [3.05, 3.63) is 27.7 Å². The Kier molecular flexibility index (Phi) is 4.00. The molecule has 2 aliphatic rings. The molecular formula is C18H24BrNO2. The molecule has 1 aliphatic carbocycles. The molecule has 22 heavy (non-hydrogen) atoms. The molecule has 0 radical (unpaired) electrons. The number of fused-ring (bicyclic) bond motifs is 3. The summed E-state index contributed by atoms with van der Waals surface area (Å²) in [6.45, 7) is 7.89. The van der Waals surface area contributed by atoms with E-state index in [0.29, 0.717) is 17.5 Å². The number of nitrogens with zero attached hydrogens (tertiary/aromatic N) is 1. The summed E-state index contributed by atoms with van der Waals surface area (Å²) in [4.78, 5) is 14.5. The van der Waals surface area contributed by atoms with Crippen LogP contribution in [0.4, 0.5) is 5.69 Å². The molecule has 4 heteroatoms. The van der Waals surface area contributed by atoms with E-state index in [-0.39, 0.29) is 11.4 Å². The van der Waals surface area contributed by atoms with Crippen LogP contribution >= 0.6 is 15.9 Å². The first-order valence-electron chi connectivity index (χ1n) is 8.00. The molecule has 1 aromatic rings. The van der Waals surface area contributed by atoms with E-state index in [1.807, 2.05) is 6.07 Å². The van der Waals surface area contributed by atoms with Crippen LogP contribution in [-0.4, -0.2) is 25.7 Å². The quantitative estimate of drug-likeness (QED) is 0.709. The van der Waals surface area contributed by atoms with Crippen molar-refractivity contribution in [2.45, 2.75) is 52.0 Å². The minimum Gasteiger partial charge on any atom is -0.465 e. The summed E-state index contributed by atoms with van der Waals surface area (Å²) in [5, 5.41) is 0. The zero-order chi connectivity index (χ0) is 16.1. The Morgan fingerprint density at radius 3 is 2.73 bits per heavy atom. The molecule has 1 fully saturated rings.